The second-order valence-electron chi connectivity index (χ2n) is 7.43. The molecular weight excluding hydrogens is 320 g/mol. The summed E-state index contributed by atoms with van der Waals surface area (Å²) in [5.41, 5.74) is -0.841. The minimum absolute atomic E-state index is 0.0479. The van der Waals surface area contributed by atoms with Gasteiger partial charge in [-0.3, -0.25) is 4.79 Å². The summed E-state index contributed by atoms with van der Waals surface area (Å²) in [6.07, 6.45) is 3.66. The molecule has 0 aromatic heterocycles. The molecular formula is C20H14O5. The van der Waals surface area contributed by atoms with E-state index in [9.17, 15) is 4.79 Å². The minimum Gasteiger partial charge on any atom is -0.448 e. The Labute approximate surface area is 143 Å². The molecule has 5 heteroatoms. The van der Waals surface area contributed by atoms with Gasteiger partial charge < -0.3 is 18.9 Å². The highest BCUT2D eigenvalue weighted by molar-refractivity contribution is 6.00. The maximum Gasteiger partial charge on any atom is 0.286 e. The minimum atomic E-state index is -1.01. The zero-order valence-corrected chi connectivity index (χ0v) is 13.2. The van der Waals surface area contributed by atoms with Crippen LogP contribution in [0.15, 0.2) is 48.6 Å². The zero-order valence-electron chi connectivity index (χ0n) is 13.2. The van der Waals surface area contributed by atoms with Crippen molar-refractivity contribution >= 4 is 16.6 Å². The van der Waals surface area contributed by atoms with Crippen molar-refractivity contribution in [1.29, 1.82) is 0 Å². The van der Waals surface area contributed by atoms with Crippen molar-refractivity contribution in [2.75, 3.05) is 0 Å². The van der Waals surface area contributed by atoms with Crippen LogP contribution in [0.5, 0.6) is 11.5 Å². The molecule has 5 nitrogen and oxygen atoms in total. The molecule has 124 valence electrons. The van der Waals surface area contributed by atoms with Crippen molar-refractivity contribution in [2.45, 2.75) is 36.1 Å². The lowest BCUT2D eigenvalue weighted by atomic mass is 9.68. The van der Waals surface area contributed by atoms with Crippen molar-refractivity contribution < 1.29 is 23.7 Å². The van der Waals surface area contributed by atoms with E-state index in [1.807, 2.05) is 42.5 Å². The molecule has 2 aromatic carbocycles. The van der Waals surface area contributed by atoms with Crippen molar-refractivity contribution in [1.82, 2.24) is 0 Å². The third kappa shape index (κ3) is 1.28. The lowest BCUT2D eigenvalue weighted by Gasteiger charge is -2.46. The van der Waals surface area contributed by atoms with Gasteiger partial charge in [-0.05, 0) is 23.9 Å². The van der Waals surface area contributed by atoms with E-state index in [1.165, 1.54) is 0 Å². The quantitative estimate of drug-likeness (QED) is 0.547. The zero-order chi connectivity index (χ0) is 16.4. The monoisotopic (exact) mass is 334 g/mol. The Hall–Kier alpha value is -2.37. The van der Waals surface area contributed by atoms with Crippen molar-refractivity contribution in [3.63, 3.8) is 0 Å². The molecule has 2 saturated heterocycles. The van der Waals surface area contributed by atoms with Crippen LogP contribution in [0.3, 0.4) is 0 Å². The molecule has 1 saturated carbocycles. The third-order valence-corrected chi connectivity index (χ3v) is 6.27. The number of Topliss-reactive ketones (excluding diaryl/α,β-unsaturated/α-hetero) is 1. The van der Waals surface area contributed by atoms with Gasteiger partial charge in [-0.1, -0.05) is 36.4 Å². The average Bonchev–Trinajstić information content (AvgIpc) is 3.53. The summed E-state index contributed by atoms with van der Waals surface area (Å²) < 4.78 is 24.6. The van der Waals surface area contributed by atoms with Crippen LogP contribution in [0, 0.1) is 5.92 Å². The van der Waals surface area contributed by atoms with Gasteiger partial charge in [-0.15, -0.1) is 0 Å². The molecule has 5 atom stereocenters. The lowest BCUT2D eigenvalue weighted by Crippen LogP contribution is -2.66. The smallest absolute Gasteiger partial charge is 0.286 e. The third-order valence-electron chi connectivity index (χ3n) is 6.27. The predicted molar refractivity (Wildman–Crippen MR) is 86.5 cm³/mol. The van der Waals surface area contributed by atoms with Gasteiger partial charge in [0, 0.05) is 0 Å². The molecule has 0 radical (unpaired) electrons. The summed E-state index contributed by atoms with van der Waals surface area (Å²) in [5.74, 6) is 0.386. The number of hydrogen-bond acceptors (Lipinski definition) is 5. The topological polar surface area (TPSA) is 60.6 Å². The van der Waals surface area contributed by atoms with Crippen LogP contribution in [0.2, 0.25) is 0 Å². The SMILES string of the molecule is O=C1C2OC2C2(Oc3cccc4cccc(c34)O2)C2CC=CC3OC132. The number of rotatable bonds is 0. The summed E-state index contributed by atoms with van der Waals surface area (Å²) >= 11 is 0. The Kier molecular flexibility index (Phi) is 1.93. The number of epoxide rings is 2. The van der Waals surface area contributed by atoms with Gasteiger partial charge >= 0.3 is 0 Å². The summed E-state index contributed by atoms with van der Waals surface area (Å²) in [5, 5.41) is 2.04. The number of hydrogen-bond donors (Lipinski definition) is 0. The first-order valence-corrected chi connectivity index (χ1v) is 8.68. The molecule has 2 aliphatic carbocycles. The van der Waals surface area contributed by atoms with Crippen LogP contribution >= 0.6 is 0 Å². The Balaban J connectivity index is 1.46. The summed E-state index contributed by atoms with van der Waals surface area (Å²) in [6.45, 7) is 0. The average molecular weight is 334 g/mol. The second-order valence-corrected chi connectivity index (χ2v) is 7.43. The maximum atomic E-state index is 12.8. The molecule has 7 rings (SSSR count). The van der Waals surface area contributed by atoms with E-state index in [0.717, 1.165) is 22.3 Å². The number of carbonyl (C=O) groups excluding carboxylic acids is 1. The van der Waals surface area contributed by atoms with Gasteiger partial charge in [-0.25, -0.2) is 0 Å². The fourth-order valence-corrected chi connectivity index (χ4v) is 5.09. The number of carbonyl (C=O) groups is 1. The predicted octanol–water partition coefficient (Wildman–Crippen LogP) is 2.37. The first-order chi connectivity index (χ1) is 12.2. The number of benzene rings is 2. The van der Waals surface area contributed by atoms with E-state index in [1.54, 1.807) is 0 Å². The molecule has 25 heavy (non-hydrogen) atoms. The summed E-state index contributed by atoms with van der Waals surface area (Å²) in [7, 11) is 0. The van der Waals surface area contributed by atoms with E-state index in [2.05, 4.69) is 6.08 Å². The molecule has 0 bridgehead atoms. The van der Waals surface area contributed by atoms with E-state index < -0.39 is 17.5 Å². The summed E-state index contributed by atoms with van der Waals surface area (Å²) in [4.78, 5) is 12.8. The molecule has 5 aliphatic rings. The fraction of sp³-hybridized carbons (Fsp3) is 0.350. The van der Waals surface area contributed by atoms with Gasteiger partial charge in [0.05, 0.1) is 11.3 Å². The molecule has 3 heterocycles. The van der Waals surface area contributed by atoms with Crippen LogP contribution in [-0.2, 0) is 14.3 Å². The highest BCUT2D eigenvalue weighted by atomic mass is 16.8. The Bertz CT molecular complexity index is 970. The Morgan fingerprint density at radius 3 is 2.56 bits per heavy atom. The van der Waals surface area contributed by atoms with Crippen molar-refractivity contribution in [2.24, 2.45) is 5.92 Å². The molecule has 3 aliphatic heterocycles. The molecule has 3 fully saturated rings. The molecule has 2 spiro atoms. The standard InChI is InChI=1S/C20H14O5/c21-17-16-18(22-16)20(13-8-3-9-14-19(13,17)25-14)23-11-6-1-4-10-5-2-7-12(24-20)15(10)11/h1-7,9,13-14,16,18H,8H2. The number of ether oxygens (including phenoxy) is 4. The van der Waals surface area contributed by atoms with Crippen LogP contribution in [-0.4, -0.2) is 35.5 Å². The van der Waals surface area contributed by atoms with Crippen molar-refractivity contribution in [3.8, 4) is 11.5 Å². The van der Waals surface area contributed by atoms with Crippen LogP contribution < -0.4 is 9.47 Å². The molecule has 5 unspecified atom stereocenters. The van der Waals surface area contributed by atoms with E-state index in [0.29, 0.717) is 6.42 Å². The lowest BCUT2D eigenvalue weighted by molar-refractivity contribution is -0.197. The highest BCUT2D eigenvalue weighted by Crippen LogP contribution is 2.64. The first-order valence-electron chi connectivity index (χ1n) is 8.68. The number of allylic oxidation sites excluding steroid dienone is 1. The van der Waals surface area contributed by atoms with Gasteiger partial charge in [-0.2, -0.15) is 0 Å². The Morgan fingerprint density at radius 1 is 1.04 bits per heavy atom. The number of ketones is 1. The van der Waals surface area contributed by atoms with Crippen LogP contribution in [0.4, 0.5) is 0 Å². The summed E-state index contributed by atoms with van der Waals surface area (Å²) in [6, 6.07) is 12.0. The van der Waals surface area contributed by atoms with Gasteiger partial charge in [0.1, 0.15) is 17.6 Å². The maximum absolute atomic E-state index is 12.8. The normalized spacial score (nSPS) is 40.6. The van der Waals surface area contributed by atoms with Crippen LogP contribution in [0.25, 0.3) is 10.8 Å². The molecule has 2 aromatic rings. The van der Waals surface area contributed by atoms with Gasteiger partial charge in [0.15, 0.2) is 23.6 Å². The van der Waals surface area contributed by atoms with E-state index in [4.69, 9.17) is 18.9 Å². The Morgan fingerprint density at radius 2 is 1.80 bits per heavy atom. The number of fused-ring (bicyclic) bond motifs is 3. The highest BCUT2D eigenvalue weighted by Gasteiger charge is 2.85. The fourth-order valence-electron chi connectivity index (χ4n) is 5.09. The van der Waals surface area contributed by atoms with Crippen LogP contribution in [0.1, 0.15) is 6.42 Å². The molecule has 0 N–H and O–H groups in total. The van der Waals surface area contributed by atoms with Gasteiger partial charge in [0.2, 0.25) is 0 Å². The largest absolute Gasteiger partial charge is 0.448 e. The second kappa shape index (κ2) is 3.74. The van der Waals surface area contributed by atoms with Gasteiger partial charge in [0.25, 0.3) is 5.79 Å². The first kappa shape index (κ1) is 12.9. The van der Waals surface area contributed by atoms with E-state index >= 15 is 0 Å². The van der Waals surface area contributed by atoms with E-state index in [-0.39, 0.29) is 23.9 Å². The van der Waals surface area contributed by atoms with Crippen molar-refractivity contribution in [3.05, 3.63) is 48.6 Å². The molecule has 0 amide bonds.